The Balaban J connectivity index is 1.36. The Bertz CT molecular complexity index is 895. The zero-order valence-electron chi connectivity index (χ0n) is 18.9. The number of rotatable bonds is 8. The number of carbonyl (C=O) groups is 1. The first-order valence-electron chi connectivity index (χ1n) is 11.4. The summed E-state index contributed by atoms with van der Waals surface area (Å²) in [6.07, 6.45) is 2.24. The zero-order valence-corrected chi connectivity index (χ0v) is 19.7. The number of ether oxygens (including phenoxy) is 2. The van der Waals surface area contributed by atoms with Gasteiger partial charge in [0.2, 0.25) is 0 Å². The minimum atomic E-state index is -0.0529. The number of carbonyl (C=O) groups excluding carboxylic acids is 1. The quantitative estimate of drug-likeness (QED) is 0.480. The van der Waals surface area contributed by atoms with E-state index >= 15 is 0 Å². The summed E-state index contributed by atoms with van der Waals surface area (Å²) in [4.78, 5) is 24.2. The fourth-order valence-corrected chi connectivity index (χ4v) is 4.58. The SMILES string of the molecule is CC(C)c1cc(N2CCOCC2)nc(SCc2ccc(C(=O)NC[C@@H]3CCCO3)cc2)n1. The molecule has 2 aliphatic heterocycles. The lowest BCUT2D eigenvalue weighted by molar-refractivity contribution is 0.0858. The fourth-order valence-electron chi connectivity index (χ4n) is 3.76. The highest BCUT2D eigenvalue weighted by molar-refractivity contribution is 7.98. The minimum Gasteiger partial charge on any atom is -0.378 e. The maximum absolute atomic E-state index is 12.4. The Hall–Kier alpha value is -2.16. The van der Waals surface area contributed by atoms with Gasteiger partial charge in [-0.1, -0.05) is 37.7 Å². The zero-order chi connectivity index (χ0) is 22.3. The first-order valence-corrected chi connectivity index (χ1v) is 12.4. The first-order chi connectivity index (χ1) is 15.6. The molecule has 1 aromatic carbocycles. The van der Waals surface area contributed by atoms with Crippen molar-refractivity contribution in [3.8, 4) is 0 Å². The average molecular weight is 457 g/mol. The van der Waals surface area contributed by atoms with Crippen molar-refractivity contribution in [3.05, 3.63) is 47.2 Å². The summed E-state index contributed by atoms with van der Waals surface area (Å²) in [6, 6.07) is 9.87. The van der Waals surface area contributed by atoms with Crippen LogP contribution in [0.15, 0.2) is 35.5 Å². The second-order valence-corrected chi connectivity index (χ2v) is 9.46. The van der Waals surface area contributed by atoms with Crippen LogP contribution in [0.4, 0.5) is 5.82 Å². The van der Waals surface area contributed by atoms with E-state index in [-0.39, 0.29) is 12.0 Å². The van der Waals surface area contributed by atoms with E-state index in [9.17, 15) is 4.79 Å². The number of amides is 1. The Morgan fingerprint density at radius 2 is 1.97 bits per heavy atom. The molecule has 1 N–H and O–H groups in total. The summed E-state index contributed by atoms with van der Waals surface area (Å²) >= 11 is 1.63. The molecule has 0 bridgehead atoms. The Morgan fingerprint density at radius 3 is 2.66 bits per heavy atom. The van der Waals surface area contributed by atoms with Crippen molar-refractivity contribution in [2.45, 2.75) is 49.6 Å². The number of morpholine rings is 1. The summed E-state index contributed by atoms with van der Waals surface area (Å²) in [7, 11) is 0. The van der Waals surface area contributed by atoms with Gasteiger partial charge in [0.15, 0.2) is 5.16 Å². The lowest BCUT2D eigenvalue weighted by Gasteiger charge is -2.28. The van der Waals surface area contributed by atoms with E-state index < -0.39 is 0 Å². The van der Waals surface area contributed by atoms with Gasteiger partial charge in [0, 0.05) is 49.3 Å². The van der Waals surface area contributed by atoms with Gasteiger partial charge in [-0.3, -0.25) is 4.79 Å². The highest BCUT2D eigenvalue weighted by Crippen LogP contribution is 2.26. The molecule has 2 fully saturated rings. The summed E-state index contributed by atoms with van der Waals surface area (Å²) in [5.74, 6) is 2.02. The van der Waals surface area contributed by atoms with Crippen LogP contribution in [-0.2, 0) is 15.2 Å². The summed E-state index contributed by atoms with van der Waals surface area (Å²) < 4.78 is 11.0. The Labute approximate surface area is 194 Å². The van der Waals surface area contributed by atoms with E-state index in [1.807, 2.05) is 24.3 Å². The normalized spacial score (nSPS) is 18.8. The lowest BCUT2D eigenvalue weighted by Crippen LogP contribution is -2.37. The molecule has 0 spiro atoms. The third kappa shape index (κ3) is 6.21. The second-order valence-electron chi connectivity index (χ2n) is 8.52. The van der Waals surface area contributed by atoms with Crippen LogP contribution in [0.5, 0.6) is 0 Å². The van der Waals surface area contributed by atoms with Crippen LogP contribution >= 0.6 is 11.8 Å². The molecule has 0 unspecified atom stereocenters. The molecule has 0 radical (unpaired) electrons. The second kappa shape index (κ2) is 11.1. The van der Waals surface area contributed by atoms with Crippen molar-refractivity contribution in [2.75, 3.05) is 44.4 Å². The van der Waals surface area contributed by atoms with E-state index in [1.54, 1.807) is 11.8 Å². The summed E-state index contributed by atoms with van der Waals surface area (Å²) in [5.41, 5.74) is 2.86. The average Bonchev–Trinajstić information content (AvgIpc) is 3.36. The van der Waals surface area contributed by atoms with Crippen LogP contribution < -0.4 is 10.2 Å². The number of aromatic nitrogens is 2. The standard InChI is InChI=1S/C24H32N4O3S/c1-17(2)21-14-22(28-9-12-30-13-10-28)27-24(26-21)32-16-18-5-7-19(8-6-18)23(29)25-15-20-4-3-11-31-20/h5-8,14,17,20H,3-4,9-13,15-16H2,1-2H3,(H,25,29)/t20-/m0/s1. The fraction of sp³-hybridized carbons (Fsp3) is 0.542. The molecule has 8 heteroatoms. The van der Waals surface area contributed by atoms with Crippen LogP contribution in [0, 0.1) is 0 Å². The van der Waals surface area contributed by atoms with Crippen molar-refractivity contribution in [2.24, 2.45) is 0 Å². The van der Waals surface area contributed by atoms with Gasteiger partial charge in [-0.2, -0.15) is 0 Å². The highest BCUT2D eigenvalue weighted by Gasteiger charge is 2.18. The van der Waals surface area contributed by atoms with Crippen molar-refractivity contribution >= 4 is 23.5 Å². The molecule has 1 atom stereocenters. The van der Waals surface area contributed by atoms with Crippen LogP contribution in [0.2, 0.25) is 0 Å². The molecule has 3 heterocycles. The summed E-state index contributed by atoms with van der Waals surface area (Å²) in [5, 5.41) is 3.76. The molecule has 172 valence electrons. The number of nitrogens with zero attached hydrogens (tertiary/aromatic N) is 3. The van der Waals surface area contributed by atoms with Gasteiger partial charge in [0.05, 0.1) is 19.3 Å². The van der Waals surface area contributed by atoms with Crippen LogP contribution in [-0.4, -0.2) is 61.4 Å². The smallest absolute Gasteiger partial charge is 0.251 e. The van der Waals surface area contributed by atoms with Crippen LogP contribution in [0.1, 0.15) is 54.2 Å². The largest absolute Gasteiger partial charge is 0.378 e. The number of hydrogen-bond donors (Lipinski definition) is 1. The molecule has 2 saturated heterocycles. The molecular weight excluding hydrogens is 424 g/mol. The molecule has 1 aromatic heterocycles. The molecule has 0 aliphatic carbocycles. The Kier molecular flexibility index (Phi) is 8.00. The van der Waals surface area contributed by atoms with E-state index in [0.717, 1.165) is 73.7 Å². The topological polar surface area (TPSA) is 76.6 Å². The van der Waals surface area contributed by atoms with Crippen LogP contribution in [0.25, 0.3) is 0 Å². The van der Waals surface area contributed by atoms with Crippen molar-refractivity contribution < 1.29 is 14.3 Å². The maximum atomic E-state index is 12.4. The van der Waals surface area contributed by atoms with Crippen molar-refractivity contribution in [3.63, 3.8) is 0 Å². The predicted octanol–water partition coefficient (Wildman–Crippen LogP) is 3.64. The van der Waals surface area contributed by atoms with Gasteiger partial charge < -0.3 is 19.7 Å². The molecule has 7 nitrogen and oxygen atoms in total. The third-order valence-electron chi connectivity index (χ3n) is 5.74. The first kappa shape index (κ1) is 23.0. The molecular formula is C24H32N4O3S. The van der Waals surface area contributed by atoms with Gasteiger partial charge in [-0.25, -0.2) is 9.97 Å². The number of hydrogen-bond acceptors (Lipinski definition) is 7. The Morgan fingerprint density at radius 1 is 1.19 bits per heavy atom. The van der Waals surface area contributed by atoms with Gasteiger partial charge in [0.25, 0.3) is 5.91 Å². The van der Waals surface area contributed by atoms with E-state index in [2.05, 4.69) is 30.1 Å². The third-order valence-corrected chi connectivity index (χ3v) is 6.66. The van der Waals surface area contributed by atoms with E-state index in [0.29, 0.717) is 18.0 Å². The van der Waals surface area contributed by atoms with Gasteiger partial charge in [-0.05, 0) is 36.5 Å². The predicted molar refractivity (Wildman–Crippen MR) is 126 cm³/mol. The van der Waals surface area contributed by atoms with Crippen LogP contribution in [0.3, 0.4) is 0 Å². The van der Waals surface area contributed by atoms with Gasteiger partial charge in [0.1, 0.15) is 5.82 Å². The molecule has 0 saturated carbocycles. The number of benzene rings is 1. The highest BCUT2D eigenvalue weighted by atomic mass is 32.2. The van der Waals surface area contributed by atoms with Crippen molar-refractivity contribution in [1.29, 1.82) is 0 Å². The van der Waals surface area contributed by atoms with E-state index in [4.69, 9.17) is 19.4 Å². The van der Waals surface area contributed by atoms with Crippen molar-refractivity contribution in [1.82, 2.24) is 15.3 Å². The van der Waals surface area contributed by atoms with E-state index in [1.165, 1.54) is 0 Å². The molecule has 1 amide bonds. The maximum Gasteiger partial charge on any atom is 0.251 e. The molecule has 32 heavy (non-hydrogen) atoms. The molecule has 2 aromatic rings. The summed E-state index contributed by atoms with van der Waals surface area (Å²) in [6.45, 7) is 8.86. The molecule has 2 aliphatic rings. The number of nitrogens with one attached hydrogen (secondary N) is 1. The minimum absolute atomic E-state index is 0.0529. The van der Waals surface area contributed by atoms with Gasteiger partial charge in [-0.15, -0.1) is 0 Å². The lowest BCUT2D eigenvalue weighted by atomic mass is 10.1. The monoisotopic (exact) mass is 456 g/mol. The number of anilines is 1. The number of thioether (sulfide) groups is 1. The van der Waals surface area contributed by atoms with Gasteiger partial charge >= 0.3 is 0 Å². The molecule has 4 rings (SSSR count).